The van der Waals surface area contributed by atoms with Gasteiger partial charge in [-0.1, -0.05) is 0 Å². The number of carbonyl (C=O) groups is 1. The summed E-state index contributed by atoms with van der Waals surface area (Å²) in [5.74, 6) is -2.61. The number of aromatic nitrogens is 1. The van der Waals surface area contributed by atoms with E-state index in [1.807, 2.05) is 0 Å². The van der Waals surface area contributed by atoms with Gasteiger partial charge in [-0.2, -0.15) is 0 Å². The maximum Gasteiger partial charge on any atom is 0.267 e. The number of pyridine rings is 1. The second-order valence-corrected chi connectivity index (χ2v) is 5.19. The molecule has 0 saturated heterocycles. The lowest BCUT2D eigenvalue weighted by Gasteiger charge is -2.09. The summed E-state index contributed by atoms with van der Waals surface area (Å²) in [5, 5.41) is 11.5. The molecule has 0 aliphatic heterocycles. The van der Waals surface area contributed by atoms with Gasteiger partial charge in [0.15, 0.2) is 11.6 Å². The number of anilines is 1. The van der Waals surface area contributed by atoms with E-state index in [9.17, 15) is 18.4 Å². The first kappa shape index (κ1) is 16.4. The van der Waals surface area contributed by atoms with Gasteiger partial charge in [-0.15, -0.1) is 0 Å². The number of amides is 1. The zero-order chi connectivity index (χ0) is 18.0. The second kappa shape index (κ2) is 6.56. The molecule has 0 saturated carbocycles. The molecule has 3 rings (SSSR count). The average molecular weight is 342 g/mol. The van der Waals surface area contributed by atoms with Gasteiger partial charge in [0.05, 0.1) is 0 Å². The van der Waals surface area contributed by atoms with E-state index in [0.717, 1.165) is 12.1 Å². The summed E-state index contributed by atoms with van der Waals surface area (Å²) >= 11 is 0. The molecule has 0 spiro atoms. The number of hydrogen-bond acceptors (Lipinski definition) is 3. The van der Waals surface area contributed by atoms with Gasteiger partial charge in [0.1, 0.15) is 11.4 Å². The van der Waals surface area contributed by atoms with Crippen molar-refractivity contribution in [1.29, 1.82) is 0 Å². The van der Waals surface area contributed by atoms with Gasteiger partial charge in [-0.25, -0.2) is 8.78 Å². The Balaban J connectivity index is 1.93. The number of phenols is 1. The molecule has 1 heterocycles. The molecule has 3 aromatic rings. The van der Waals surface area contributed by atoms with Crippen molar-refractivity contribution >= 4 is 11.6 Å². The molecule has 5 nitrogen and oxygen atoms in total. The van der Waals surface area contributed by atoms with Crippen LogP contribution in [-0.2, 0) is 0 Å². The molecule has 0 aliphatic carbocycles. The van der Waals surface area contributed by atoms with E-state index in [0.29, 0.717) is 5.69 Å². The van der Waals surface area contributed by atoms with Gasteiger partial charge < -0.3 is 10.4 Å². The van der Waals surface area contributed by atoms with Gasteiger partial charge in [-0.05, 0) is 48.5 Å². The number of rotatable bonds is 3. The molecular formula is C18H12F2N2O3. The predicted molar refractivity (Wildman–Crippen MR) is 88.0 cm³/mol. The molecule has 0 atom stereocenters. The van der Waals surface area contributed by atoms with E-state index in [1.54, 1.807) is 0 Å². The van der Waals surface area contributed by atoms with Crippen molar-refractivity contribution in [3.8, 4) is 11.4 Å². The topological polar surface area (TPSA) is 71.3 Å². The highest BCUT2D eigenvalue weighted by molar-refractivity contribution is 6.04. The first-order chi connectivity index (χ1) is 12.0. The molecule has 0 unspecified atom stereocenters. The van der Waals surface area contributed by atoms with Crippen molar-refractivity contribution in [1.82, 2.24) is 4.57 Å². The highest BCUT2D eigenvalue weighted by atomic mass is 19.1. The summed E-state index contributed by atoms with van der Waals surface area (Å²) < 4.78 is 27.5. The smallest absolute Gasteiger partial charge is 0.267 e. The Bertz CT molecular complexity index is 998. The third-order valence-electron chi connectivity index (χ3n) is 3.50. The van der Waals surface area contributed by atoms with E-state index in [1.165, 1.54) is 53.2 Å². The Hall–Kier alpha value is -3.48. The van der Waals surface area contributed by atoms with Crippen molar-refractivity contribution in [2.24, 2.45) is 0 Å². The first-order valence-corrected chi connectivity index (χ1v) is 7.23. The minimum Gasteiger partial charge on any atom is -0.505 e. The molecule has 25 heavy (non-hydrogen) atoms. The van der Waals surface area contributed by atoms with E-state index in [4.69, 9.17) is 5.11 Å². The van der Waals surface area contributed by atoms with Crippen LogP contribution in [0.5, 0.6) is 5.75 Å². The number of benzene rings is 2. The molecule has 0 aliphatic rings. The lowest BCUT2D eigenvalue weighted by Crippen LogP contribution is -2.27. The Morgan fingerprint density at radius 1 is 1.04 bits per heavy atom. The minimum absolute atomic E-state index is 0.0943. The van der Waals surface area contributed by atoms with Crippen LogP contribution in [0.15, 0.2) is 65.6 Å². The maximum atomic E-state index is 13.3. The number of phenolic OH excluding ortho intramolecular Hbond substituents is 1. The minimum atomic E-state index is -0.894. The molecule has 2 N–H and O–H groups in total. The Morgan fingerprint density at radius 2 is 1.76 bits per heavy atom. The van der Waals surface area contributed by atoms with Crippen LogP contribution < -0.4 is 10.9 Å². The second-order valence-electron chi connectivity index (χ2n) is 5.19. The van der Waals surface area contributed by atoms with E-state index in [2.05, 4.69) is 5.32 Å². The molecule has 0 fully saturated rings. The van der Waals surface area contributed by atoms with Crippen molar-refractivity contribution < 1.29 is 18.7 Å². The fraction of sp³-hybridized carbons (Fsp3) is 0. The average Bonchev–Trinajstić information content (AvgIpc) is 2.59. The molecular weight excluding hydrogens is 330 g/mol. The number of nitrogens with zero attached hydrogens (tertiary/aromatic N) is 1. The van der Waals surface area contributed by atoms with Crippen molar-refractivity contribution in [3.63, 3.8) is 0 Å². The van der Waals surface area contributed by atoms with E-state index in [-0.39, 0.29) is 11.3 Å². The normalized spacial score (nSPS) is 10.5. The van der Waals surface area contributed by atoms with Crippen LogP contribution in [0.1, 0.15) is 10.4 Å². The van der Waals surface area contributed by atoms with Crippen molar-refractivity contribution in [2.45, 2.75) is 0 Å². The third kappa shape index (κ3) is 3.40. The standard InChI is InChI=1S/C18H12F2N2O3/c19-11-3-6-13(7-4-11)22-9-1-2-14(18(22)25)17(24)21-12-5-8-16(23)15(20)10-12/h1-10,23H,(H,21,24). The van der Waals surface area contributed by atoms with Crippen molar-refractivity contribution in [3.05, 3.63) is 88.3 Å². The number of hydrogen-bond donors (Lipinski definition) is 2. The lowest BCUT2D eigenvalue weighted by atomic mass is 10.2. The van der Waals surface area contributed by atoms with Crippen LogP contribution in [0, 0.1) is 11.6 Å². The van der Waals surface area contributed by atoms with E-state index < -0.39 is 28.9 Å². The van der Waals surface area contributed by atoms with Crippen LogP contribution in [0.4, 0.5) is 14.5 Å². The Kier molecular flexibility index (Phi) is 4.30. The number of aromatic hydroxyl groups is 1. The number of nitrogens with one attached hydrogen (secondary N) is 1. The van der Waals surface area contributed by atoms with E-state index >= 15 is 0 Å². The highest BCUT2D eigenvalue weighted by Gasteiger charge is 2.14. The van der Waals surface area contributed by atoms with Gasteiger partial charge in [0.25, 0.3) is 11.5 Å². The molecule has 0 radical (unpaired) electrons. The largest absolute Gasteiger partial charge is 0.505 e. The summed E-state index contributed by atoms with van der Waals surface area (Å²) in [6.45, 7) is 0. The summed E-state index contributed by atoms with van der Waals surface area (Å²) in [7, 11) is 0. The predicted octanol–water partition coefficient (Wildman–Crippen LogP) is 3.07. The Labute approximate surface area is 140 Å². The zero-order valence-corrected chi connectivity index (χ0v) is 12.7. The molecule has 0 bridgehead atoms. The highest BCUT2D eigenvalue weighted by Crippen LogP contribution is 2.19. The van der Waals surface area contributed by atoms with Gasteiger partial charge in [-0.3, -0.25) is 14.2 Å². The molecule has 1 aromatic heterocycles. The molecule has 126 valence electrons. The SMILES string of the molecule is O=C(Nc1ccc(O)c(F)c1)c1cccn(-c2ccc(F)cc2)c1=O. The quantitative estimate of drug-likeness (QED) is 0.719. The molecule has 1 amide bonds. The number of carbonyl (C=O) groups excluding carboxylic acids is 1. The van der Waals surface area contributed by atoms with Gasteiger partial charge >= 0.3 is 0 Å². The van der Waals surface area contributed by atoms with Crippen LogP contribution >= 0.6 is 0 Å². The lowest BCUT2D eigenvalue weighted by molar-refractivity contribution is 0.102. The third-order valence-corrected chi connectivity index (χ3v) is 3.50. The van der Waals surface area contributed by atoms with Crippen LogP contribution in [-0.4, -0.2) is 15.6 Å². The summed E-state index contributed by atoms with van der Waals surface area (Å²) in [6, 6.07) is 11.4. The van der Waals surface area contributed by atoms with Crippen LogP contribution in [0.25, 0.3) is 5.69 Å². The fourth-order valence-electron chi connectivity index (χ4n) is 2.25. The summed E-state index contributed by atoms with van der Waals surface area (Å²) in [6.07, 6.45) is 1.45. The Morgan fingerprint density at radius 3 is 2.44 bits per heavy atom. The van der Waals surface area contributed by atoms with Gasteiger partial charge in [0.2, 0.25) is 0 Å². The molecule has 7 heteroatoms. The van der Waals surface area contributed by atoms with Crippen LogP contribution in [0.2, 0.25) is 0 Å². The van der Waals surface area contributed by atoms with Gasteiger partial charge in [0, 0.05) is 23.6 Å². The summed E-state index contributed by atoms with van der Waals surface area (Å²) in [4.78, 5) is 24.8. The van der Waals surface area contributed by atoms with Crippen molar-refractivity contribution in [2.75, 3.05) is 5.32 Å². The first-order valence-electron chi connectivity index (χ1n) is 7.23. The zero-order valence-electron chi connectivity index (χ0n) is 12.7. The summed E-state index contributed by atoms with van der Waals surface area (Å²) in [5.41, 5.74) is -0.278. The monoisotopic (exact) mass is 342 g/mol. The fourth-order valence-corrected chi connectivity index (χ4v) is 2.25. The number of halogens is 2. The molecule has 2 aromatic carbocycles. The van der Waals surface area contributed by atoms with Crippen LogP contribution in [0.3, 0.4) is 0 Å². The maximum absolute atomic E-state index is 13.3.